The number of ether oxygens (including phenoxy) is 1. The van der Waals surface area contributed by atoms with Crippen LogP contribution in [0.1, 0.15) is 43.2 Å². The summed E-state index contributed by atoms with van der Waals surface area (Å²) in [4.78, 5) is 13.0. The third-order valence-corrected chi connectivity index (χ3v) is 7.42. The second kappa shape index (κ2) is 9.26. The van der Waals surface area contributed by atoms with Gasteiger partial charge in [0.1, 0.15) is 5.54 Å². The predicted octanol–water partition coefficient (Wildman–Crippen LogP) is 4.56. The van der Waals surface area contributed by atoms with E-state index in [1.807, 2.05) is 24.3 Å². The number of rotatable bonds is 7. The molecule has 0 atom stereocenters. The molecule has 6 heteroatoms. The third-order valence-electron chi connectivity index (χ3n) is 7.19. The highest BCUT2D eigenvalue weighted by Gasteiger charge is 2.51. The summed E-state index contributed by atoms with van der Waals surface area (Å²) in [5.41, 5.74) is 3.44. The number of carbonyl (C=O) groups is 1. The molecule has 2 aliphatic rings. The van der Waals surface area contributed by atoms with Crippen LogP contribution in [-0.4, -0.2) is 42.0 Å². The van der Waals surface area contributed by atoms with Gasteiger partial charge in [-0.15, -0.1) is 0 Å². The predicted molar refractivity (Wildman–Crippen MR) is 127 cm³/mol. The quantitative estimate of drug-likeness (QED) is 0.533. The summed E-state index contributed by atoms with van der Waals surface area (Å²) in [6, 6.07) is 15.8. The maximum Gasteiger partial charge on any atom is 0.331 e. The lowest BCUT2D eigenvalue weighted by molar-refractivity contribution is -0.147. The molecule has 0 aromatic heterocycles. The van der Waals surface area contributed by atoms with Crippen molar-refractivity contribution < 1.29 is 19.7 Å². The van der Waals surface area contributed by atoms with Gasteiger partial charge in [-0.05, 0) is 61.4 Å². The molecule has 2 aromatic carbocycles. The Bertz CT molecular complexity index is 1010. The smallest absolute Gasteiger partial charge is 0.331 e. The third kappa shape index (κ3) is 4.05. The molecule has 1 fully saturated rings. The van der Waals surface area contributed by atoms with Crippen LogP contribution in [0.15, 0.2) is 54.1 Å². The summed E-state index contributed by atoms with van der Waals surface area (Å²) in [7, 11) is 1.43. The molecule has 32 heavy (non-hydrogen) atoms. The molecule has 5 nitrogen and oxygen atoms in total. The number of esters is 1. The second-order valence-corrected chi connectivity index (χ2v) is 9.42. The highest BCUT2D eigenvalue weighted by atomic mass is 35.5. The first-order valence-corrected chi connectivity index (χ1v) is 11.5. The Morgan fingerprint density at radius 3 is 2.47 bits per heavy atom. The Labute approximate surface area is 194 Å². The molecule has 0 amide bonds. The molecule has 1 saturated carbocycles. The molecule has 0 heterocycles. The van der Waals surface area contributed by atoms with Crippen LogP contribution in [0.25, 0.3) is 6.08 Å². The first-order valence-electron chi connectivity index (χ1n) is 11.1. The summed E-state index contributed by atoms with van der Waals surface area (Å²) in [5.74, 6) is -0.461. The zero-order chi connectivity index (χ0) is 22.8. The SMILES string of the molecule is COC(=O)C1(Nc2cccc(Cl)c2)CCC2(CC1)C(CC(CO)CO)=Cc1ccccc12. The number of anilines is 1. The number of halogens is 1. The van der Waals surface area contributed by atoms with E-state index < -0.39 is 5.54 Å². The molecule has 0 unspecified atom stereocenters. The summed E-state index contributed by atoms with van der Waals surface area (Å²) in [6.45, 7) is -0.106. The van der Waals surface area contributed by atoms with E-state index in [0.717, 1.165) is 18.5 Å². The first kappa shape index (κ1) is 22.8. The molecule has 3 N–H and O–H groups in total. The molecular formula is C26H30ClNO4. The summed E-state index contributed by atoms with van der Waals surface area (Å²) < 4.78 is 5.23. The van der Waals surface area contributed by atoms with Crippen molar-refractivity contribution in [1.29, 1.82) is 0 Å². The van der Waals surface area contributed by atoms with E-state index in [2.05, 4.69) is 29.6 Å². The van der Waals surface area contributed by atoms with Gasteiger partial charge in [0.15, 0.2) is 0 Å². The number of hydrogen-bond acceptors (Lipinski definition) is 5. The van der Waals surface area contributed by atoms with Crippen molar-refractivity contribution >= 4 is 29.3 Å². The lowest BCUT2D eigenvalue weighted by Crippen LogP contribution is -2.52. The van der Waals surface area contributed by atoms with Gasteiger partial charge < -0.3 is 20.3 Å². The fourth-order valence-corrected chi connectivity index (χ4v) is 5.61. The van der Waals surface area contributed by atoms with Crippen molar-refractivity contribution in [3.05, 3.63) is 70.3 Å². The highest BCUT2D eigenvalue weighted by Crippen LogP contribution is 2.55. The van der Waals surface area contributed by atoms with E-state index in [9.17, 15) is 15.0 Å². The van der Waals surface area contributed by atoms with Crippen molar-refractivity contribution in [1.82, 2.24) is 0 Å². The van der Waals surface area contributed by atoms with Gasteiger partial charge in [-0.3, -0.25) is 0 Å². The molecule has 170 valence electrons. The number of allylic oxidation sites excluding steroid dienone is 1. The number of fused-ring (bicyclic) bond motifs is 2. The minimum Gasteiger partial charge on any atom is -0.467 e. The van der Waals surface area contributed by atoms with Crippen molar-refractivity contribution in [2.24, 2.45) is 5.92 Å². The average molecular weight is 456 g/mol. The largest absolute Gasteiger partial charge is 0.467 e. The van der Waals surface area contributed by atoms with Crippen molar-refractivity contribution in [3.63, 3.8) is 0 Å². The molecular weight excluding hydrogens is 426 g/mol. The molecule has 2 aliphatic carbocycles. The molecule has 0 saturated heterocycles. The number of methoxy groups -OCH3 is 1. The molecule has 2 aromatic rings. The normalized spacial score (nSPS) is 24.3. The minimum atomic E-state index is -0.833. The van der Waals surface area contributed by atoms with E-state index in [1.54, 1.807) is 6.07 Å². The Balaban J connectivity index is 1.66. The number of carbonyl (C=O) groups excluding carboxylic acids is 1. The highest BCUT2D eigenvalue weighted by molar-refractivity contribution is 6.30. The van der Waals surface area contributed by atoms with Crippen LogP contribution >= 0.6 is 11.6 Å². The summed E-state index contributed by atoms with van der Waals surface area (Å²) in [5, 5.41) is 23.4. The lowest BCUT2D eigenvalue weighted by atomic mass is 9.61. The Morgan fingerprint density at radius 1 is 1.09 bits per heavy atom. The monoisotopic (exact) mass is 455 g/mol. The summed E-state index contributed by atoms with van der Waals surface area (Å²) >= 11 is 6.17. The Kier molecular flexibility index (Phi) is 6.61. The topological polar surface area (TPSA) is 78.8 Å². The van der Waals surface area contributed by atoms with Crippen LogP contribution in [0.2, 0.25) is 5.02 Å². The van der Waals surface area contributed by atoms with Crippen LogP contribution < -0.4 is 5.32 Å². The van der Waals surface area contributed by atoms with Crippen molar-refractivity contribution in [2.75, 3.05) is 25.6 Å². The molecule has 4 rings (SSSR count). The van der Waals surface area contributed by atoms with Gasteiger partial charge in [-0.25, -0.2) is 4.79 Å². The fourth-order valence-electron chi connectivity index (χ4n) is 5.42. The number of aliphatic hydroxyl groups is 2. The van der Waals surface area contributed by atoms with Gasteiger partial charge in [0.05, 0.1) is 7.11 Å². The van der Waals surface area contributed by atoms with E-state index in [1.165, 1.54) is 23.8 Å². The number of hydrogen-bond donors (Lipinski definition) is 3. The average Bonchev–Trinajstić information content (AvgIpc) is 3.11. The lowest BCUT2D eigenvalue weighted by Gasteiger charge is -2.46. The van der Waals surface area contributed by atoms with Gasteiger partial charge in [0.25, 0.3) is 0 Å². The number of benzene rings is 2. The zero-order valence-corrected chi connectivity index (χ0v) is 19.1. The van der Waals surface area contributed by atoms with Gasteiger partial charge in [-0.2, -0.15) is 0 Å². The van der Waals surface area contributed by atoms with Crippen molar-refractivity contribution in [3.8, 4) is 0 Å². The van der Waals surface area contributed by atoms with E-state index in [4.69, 9.17) is 16.3 Å². The van der Waals surface area contributed by atoms with Crippen LogP contribution in [0.3, 0.4) is 0 Å². The number of aliphatic hydroxyl groups excluding tert-OH is 2. The van der Waals surface area contributed by atoms with Crippen molar-refractivity contribution in [2.45, 2.75) is 43.1 Å². The number of nitrogens with one attached hydrogen (secondary N) is 1. The van der Waals surface area contributed by atoms with Crippen LogP contribution in [0.4, 0.5) is 5.69 Å². The Hall–Kier alpha value is -2.34. The van der Waals surface area contributed by atoms with Crippen LogP contribution in [-0.2, 0) is 14.9 Å². The van der Waals surface area contributed by atoms with E-state index >= 15 is 0 Å². The van der Waals surface area contributed by atoms with Gasteiger partial charge in [0, 0.05) is 35.3 Å². The van der Waals surface area contributed by atoms with Gasteiger partial charge >= 0.3 is 5.97 Å². The molecule has 1 spiro atoms. The molecule has 0 aliphatic heterocycles. The standard InChI is InChI=1S/C26H30ClNO4/c1-32-24(31)26(28-22-7-4-6-21(27)15-22)11-9-25(10-12-26)20(13-18(16-29)17-30)14-19-5-2-3-8-23(19)25/h2-8,14-15,18,28-30H,9-13,16-17H2,1H3. The minimum absolute atomic E-state index is 0.0529. The maximum absolute atomic E-state index is 13.0. The maximum atomic E-state index is 13.0. The summed E-state index contributed by atoms with van der Waals surface area (Å²) in [6.07, 6.45) is 5.57. The van der Waals surface area contributed by atoms with Gasteiger partial charge in [0.2, 0.25) is 0 Å². The van der Waals surface area contributed by atoms with Gasteiger partial charge in [-0.1, -0.05) is 53.6 Å². The zero-order valence-electron chi connectivity index (χ0n) is 18.3. The molecule has 0 radical (unpaired) electrons. The van der Waals surface area contributed by atoms with E-state index in [-0.39, 0.29) is 30.5 Å². The fraction of sp³-hybridized carbons (Fsp3) is 0.423. The van der Waals surface area contributed by atoms with E-state index in [0.29, 0.717) is 24.3 Å². The second-order valence-electron chi connectivity index (χ2n) is 8.98. The molecule has 0 bridgehead atoms. The van der Waals surface area contributed by atoms with Crippen LogP contribution in [0, 0.1) is 5.92 Å². The first-order chi connectivity index (χ1) is 15.5. The van der Waals surface area contributed by atoms with Crippen LogP contribution in [0.5, 0.6) is 0 Å². The Morgan fingerprint density at radius 2 is 1.81 bits per heavy atom.